The maximum Gasteiger partial charge on any atom is 0.407 e. The Labute approximate surface area is 203 Å². The van der Waals surface area contributed by atoms with Crippen LogP contribution >= 0.6 is 0 Å². The van der Waals surface area contributed by atoms with Crippen LogP contribution in [0, 0.1) is 11.8 Å². The quantitative estimate of drug-likeness (QED) is 0.563. The van der Waals surface area contributed by atoms with E-state index in [9.17, 15) is 19.5 Å². The SMILES string of the molecule is O=C(O)CCC(NC(=O)OCC1c2ccccc2-c2ccccc21)C(=O)N1C[C@H]2CC[C@@H](O)[C@H]2C1. The number of likely N-dealkylation sites (tertiary alicyclic amines) is 1. The highest BCUT2D eigenvalue weighted by Crippen LogP contribution is 2.44. The number of rotatable bonds is 7. The Morgan fingerprint density at radius 1 is 1.00 bits per heavy atom. The summed E-state index contributed by atoms with van der Waals surface area (Å²) in [6, 6.07) is 15.1. The second kappa shape index (κ2) is 9.70. The molecule has 8 nitrogen and oxygen atoms in total. The number of aliphatic carboxylic acids is 1. The second-order valence-corrected chi connectivity index (χ2v) is 9.77. The molecule has 1 saturated carbocycles. The molecule has 1 aliphatic heterocycles. The van der Waals surface area contributed by atoms with Gasteiger partial charge in [0, 0.05) is 31.3 Å². The maximum absolute atomic E-state index is 13.2. The maximum atomic E-state index is 13.2. The summed E-state index contributed by atoms with van der Waals surface area (Å²) in [6.07, 6.45) is 0.198. The van der Waals surface area contributed by atoms with Crippen molar-refractivity contribution in [2.75, 3.05) is 19.7 Å². The van der Waals surface area contributed by atoms with E-state index in [0.717, 1.165) is 35.1 Å². The Kier molecular flexibility index (Phi) is 6.47. The third kappa shape index (κ3) is 4.62. The van der Waals surface area contributed by atoms with Gasteiger partial charge in [0.25, 0.3) is 0 Å². The first kappa shape index (κ1) is 23.4. The van der Waals surface area contributed by atoms with Gasteiger partial charge in [0.2, 0.25) is 5.91 Å². The van der Waals surface area contributed by atoms with Crippen LogP contribution in [0.2, 0.25) is 0 Å². The minimum Gasteiger partial charge on any atom is -0.481 e. The predicted molar refractivity (Wildman–Crippen MR) is 128 cm³/mol. The summed E-state index contributed by atoms with van der Waals surface area (Å²) in [5.74, 6) is -1.16. The van der Waals surface area contributed by atoms with Crippen LogP contribution in [0.5, 0.6) is 0 Å². The van der Waals surface area contributed by atoms with Gasteiger partial charge in [0.1, 0.15) is 12.6 Å². The summed E-state index contributed by atoms with van der Waals surface area (Å²) in [5, 5.41) is 21.9. The standard InChI is InChI=1S/C27H30N2O6/c30-24-11-9-16-13-29(14-21(16)24)26(33)23(10-12-25(31)32)28-27(34)35-15-22-19-7-3-1-5-17(19)18-6-2-4-8-20(18)22/h1-8,16,21-24,30H,9-15H2,(H,28,34)(H,31,32)/t16-,21+,23?,24-/m1/s1. The molecule has 0 spiro atoms. The van der Waals surface area contributed by atoms with Gasteiger partial charge in [0.05, 0.1) is 6.10 Å². The molecule has 184 valence electrons. The Bertz CT molecular complexity index is 1090. The Hall–Kier alpha value is -3.39. The number of benzene rings is 2. The minimum absolute atomic E-state index is 0.0211. The number of aliphatic hydroxyl groups excluding tert-OH is 1. The van der Waals surface area contributed by atoms with Crippen molar-refractivity contribution in [1.29, 1.82) is 0 Å². The highest BCUT2D eigenvalue weighted by atomic mass is 16.5. The van der Waals surface area contributed by atoms with Crippen LogP contribution in [0.1, 0.15) is 42.7 Å². The molecule has 1 unspecified atom stereocenters. The van der Waals surface area contributed by atoms with Gasteiger partial charge >= 0.3 is 12.1 Å². The Morgan fingerprint density at radius 2 is 1.66 bits per heavy atom. The minimum atomic E-state index is -1.04. The molecule has 2 fully saturated rings. The molecule has 0 radical (unpaired) electrons. The molecule has 3 N–H and O–H groups in total. The molecule has 2 aromatic rings. The number of hydrogen-bond acceptors (Lipinski definition) is 5. The number of hydrogen-bond donors (Lipinski definition) is 3. The zero-order valence-corrected chi connectivity index (χ0v) is 19.4. The fourth-order valence-electron chi connectivity index (χ4n) is 5.94. The van der Waals surface area contributed by atoms with Gasteiger partial charge in [-0.3, -0.25) is 9.59 Å². The van der Waals surface area contributed by atoms with Crippen molar-refractivity contribution < 1.29 is 29.3 Å². The molecule has 0 bridgehead atoms. The van der Waals surface area contributed by atoms with E-state index in [1.807, 2.05) is 36.4 Å². The van der Waals surface area contributed by atoms with E-state index < -0.39 is 24.2 Å². The Morgan fingerprint density at radius 3 is 2.29 bits per heavy atom. The molecular weight excluding hydrogens is 448 g/mol. The molecule has 1 saturated heterocycles. The zero-order chi connectivity index (χ0) is 24.5. The van der Waals surface area contributed by atoms with Gasteiger partial charge < -0.3 is 25.2 Å². The lowest BCUT2D eigenvalue weighted by Gasteiger charge is -2.25. The van der Waals surface area contributed by atoms with E-state index in [1.165, 1.54) is 0 Å². The topological polar surface area (TPSA) is 116 Å². The molecule has 4 atom stereocenters. The average molecular weight is 479 g/mol. The molecule has 2 amide bonds. The molecule has 3 aliphatic rings. The fourth-order valence-corrected chi connectivity index (χ4v) is 5.94. The Balaban J connectivity index is 1.24. The van der Waals surface area contributed by atoms with Crippen molar-refractivity contribution in [3.8, 4) is 11.1 Å². The molecule has 1 heterocycles. The number of carboxylic acid groups (broad SMARTS) is 1. The van der Waals surface area contributed by atoms with E-state index in [1.54, 1.807) is 4.90 Å². The number of carbonyl (C=O) groups is 3. The predicted octanol–water partition coefficient (Wildman–Crippen LogP) is 2.99. The first-order valence-electron chi connectivity index (χ1n) is 12.2. The van der Waals surface area contributed by atoms with Crippen LogP contribution in [0.25, 0.3) is 11.1 Å². The van der Waals surface area contributed by atoms with E-state index in [0.29, 0.717) is 13.1 Å². The number of aliphatic hydroxyl groups is 1. The smallest absolute Gasteiger partial charge is 0.407 e. The van der Waals surface area contributed by atoms with Gasteiger partial charge in [-0.2, -0.15) is 0 Å². The number of nitrogens with zero attached hydrogens (tertiary/aromatic N) is 1. The van der Waals surface area contributed by atoms with Crippen molar-refractivity contribution in [2.45, 2.75) is 43.7 Å². The summed E-state index contributed by atoms with van der Waals surface area (Å²) in [7, 11) is 0. The summed E-state index contributed by atoms with van der Waals surface area (Å²) in [4.78, 5) is 38.8. The molecule has 8 heteroatoms. The van der Waals surface area contributed by atoms with Crippen LogP contribution in [0.15, 0.2) is 48.5 Å². The van der Waals surface area contributed by atoms with Crippen LogP contribution in [-0.4, -0.2) is 64.9 Å². The van der Waals surface area contributed by atoms with Crippen molar-refractivity contribution >= 4 is 18.0 Å². The van der Waals surface area contributed by atoms with E-state index >= 15 is 0 Å². The van der Waals surface area contributed by atoms with Crippen LogP contribution in [0.4, 0.5) is 4.79 Å². The molecule has 35 heavy (non-hydrogen) atoms. The van der Waals surface area contributed by atoms with Crippen LogP contribution < -0.4 is 5.32 Å². The third-order valence-corrected chi connectivity index (χ3v) is 7.71. The summed E-state index contributed by atoms with van der Waals surface area (Å²) < 4.78 is 5.57. The molecule has 2 aliphatic carbocycles. The van der Waals surface area contributed by atoms with E-state index in [2.05, 4.69) is 17.4 Å². The first-order valence-corrected chi connectivity index (χ1v) is 12.2. The summed E-state index contributed by atoms with van der Waals surface area (Å²) >= 11 is 0. The van der Waals surface area contributed by atoms with E-state index in [4.69, 9.17) is 9.84 Å². The zero-order valence-electron chi connectivity index (χ0n) is 19.4. The van der Waals surface area contributed by atoms with Crippen LogP contribution in [-0.2, 0) is 14.3 Å². The fraction of sp³-hybridized carbons (Fsp3) is 0.444. The van der Waals surface area contributed by atoms with Gasteiger partial charge in [-0.1, -0.05) is 48.5 Å². The first-order chi connectivity index (χ1) is 16.9. The summed E-state index contributed by atoms with van der Waals surface area (Å²) in [5.41, 5.74) is 4.41. The van der Waals surface area contributed by atoms with Gasteiger partial charge in [-0.05, 0) is 47.4 Å². The molecule has 2 aromatic carbocycles. The number of alkyl carbamates (subject to hydrolysis) is 1. The number of carboxylic acids is 1. The van der Waals surface area contributed by atoms with E-state index in [-0.39, 0.29) is 43.1 Å². The monoisotopic (exact) mass is 478 g/mol. The number of fused-ring (bicyclic) bond motifs is 4. The highest BCUT2D eigenvalue weighted by molar-refractivity contribution is 5.86. The third-order valence-electron chi connectivity index (χ3n) is 7.71. The van der Waals surface area contributed by atoms with Crippen molar-refractivity contribution in [1.82, 2.24) is 10.2 Å². The van der Waals surface area contributed by atoms with Gasteiger partial charge in [-0.25, -0.2) is 4.79 Å². The summed E-state index contributed by atoms with van der Waals surface area (Å²) in [6.45, 7) is 1.07. The number of carbonyl (C=O) groups excluding carboxylic acids is 2. The lowest BCUT2D eigenvalue weighted by Crippen LogP contribution is -2.48. The normalized spacial score (nSPS) is 23.3. The second-order valence-electron chi connectivity index (χ2n) is 9.77. The highest BCUT2D eigenvalue weighted by Gasteiger charge is 2.44. The van der Waals surface area contributed by atoms with Gasteiger partial charge in [-0.15, -0.1) is 0 Å². The van der Waals surface area contributed by atoms with Crippen molar-refractivity contribution in [2.24, 2.45) is 11.8 Å². The molecular formula is C27H30N2O6. The number of nitrogens with one attached hydrogen (secondary N) is 1. The average Bonchev–Trinajstić information content (AvgIpc) is 3.52. The number of amides is 2. The van der Waals surface area contributed by atoms with Gasteiger partial charge in [0.15, 0.2) is 0 Å². The lowest BCUT2D eigenvalue weighted by molar-refractivity contribution is -0.138. The lowest BCUT2D eigenvalue weighted by atomic mass is 9.98. The van der Waals surface area contributed by atoms with Crippen molar-refractivity contribution in [3.05, 3.63) is 59.7 Å². The molecule has 5 rings (SSSR count). The largest absolute Gasteiger partial charge is 0.481 e. The number of ether oxygens (including phenoxy) is 1. The van der Waals surface area contributed by atoms with Crippen molar-refractivity contribution in [3.63, 3.8) is 0 Å². The van der Waals surface area contributed by atoms with Crippen LogP contribution in [0.3, 0.4) is 0 Å². The molecule has 0 aromatic heterocycles.